The lowest BCUT2D eigenvalue weighted by Crippen LogP contribution is -2.14. The van der Waals surface area contributed by atoms with Crippen molar-refractivity contribution in [1.82, 2.24) is 25.0 Å². The van der Waals surface area contributed by atoms with Crippen LogP contribution in [0, 0.1) is 6.92 Å². The zero-order chi connectivity index (χ0) is 19.2. The second-order valence-corrected chi connectivity index (χ2v) is 9.09. The van der Waals surface area contributed by atoms with Gasteiger partial charge in [-0.1, -0.05) is 43.4 Å². The minimum atomic E-state index is -0.121. The van der Waals surface area contributed by atoms with E-state index in [1.807, 2.05) is 6.92 Å². The molecule has 10 heteroatoms. The van der Waals surface area contributed by atoms with Crippen molar-refractivity contribution in [1.29, 1.82) is 0 Å². The van der Waals surface area contributed by atoms with Gasteiger partial charge >= 0.3 is 0 Å². The van der Waals surface area contributed by atoms with Crippen LogP contribution in [-0.2, 0) is 17.8 Å². The summed E-state index contributed by atoms with van der Waals surface area (Å²) in [5.41, 5.74) is 1.10. The molecule has 0 fully saturated rings. The standard InChI is InChI=1S/C17H22N6OS3/c1-4-6-13-8-12(9-25-13)15-20-22-17(23(15)7-5-2)26-10-14(24)18-16-21-19-11(3)27-16/h8-9H,4-7,10H2,1-3H3,(H,18,21,24). The van der Waals surface area contributed by atoms with Gasteiger partial charge in [-0.3, -0.25) is 10.1 Å². The molecule has 1 N–H and O–H groups in total. The Bertz CT molecular complexity index is 900. The van der Waals surface area contributed by atoms with E-state index in [0.29, 0.717) is 5.13 Å². The summed E-state index contributed by atoms with van der Waals surface area (Å²) in [5.74, 6) is 1.01. The van der Waals surface area contributed by atoms with Gasteiger partial charge in [0.15, 0.2) is 11.0 Å². The summed E-state index contributed by atoms with van der Waals surface area (Å²) in [6.07, 6.45) is 3.19. The summed E-state index contributed by atoms with van der Waals surface area (Å²) in [4.78, 5) is 13.5. The van der Waals surface area contributed by atoms with Crippen LogP contribution >= 0.6 is 34.4 Å². The molecule has 0 saturated heterocycles. The molecule has 0 saturated carbocycles. The molecule has 0 aliphatic carbocycles. The van der Waals surface area contributed by atoms with Gasteiger partial charge in [-0.05, 0) is 25.8 Å². The number of hydrogen-bond donors (Lipinski definition) is 1. The third-order valence-corrected chi connectivity index (χ3v) is 6.39. The number of rotatable bonds is 9. The summed E-state index contributed by atoms with van der Waals surface area (Å²) in [5, 5.41) is 23.5. The number of nitrogens with zero attached hydrogens (tertiary/aromatic N) is 5. The van der Waals surface area contributed by atoms with Crippen LogP contribution in [0.2, 0.25) is 0 Å². The third-order valence-electron chi connectivity index (χ3n) is 3.68. The van der Waals surface area contributed by atoms with Gasteiger partial charge < -0.3 is 4.57 Å². The Hall–Kier alpha value is -1.78. The Morgan fingerprint density at radius 2 is 2.07 bits per heavy atom. The monoisotopic (exact) mass is 422 g/mol. The molecular weight excluding hydrogens is 400 g/mol. The Labute approximate surface area is 170 Å². The van der Waals surface area contributed by atoms with Gasteiger partial charge in [-0.2, -0.15) is 0 Å². The van der Waals surface area contributed by atoms with E-state index in [9.17, 15) is 4.79 Å². The minimum absolute atomic E-state index is 0.121. The Balaban J connectivity index is 1.69. The number of anilines is 1. The van der Waals surface area contributed by atoms with E-state index < -0.39 is 0 Å². The number of thiophene rings is 1. The molecule has 27 heavy (non-hydrogen) atoms. The molecule has 0 unspecified atom stereocenters. The van der Waals surface area contributed by atoms with E-state index in [4.69, 9.17) is 0 Å². The summed E-state index contributed by atoms with van der Waals surface area (Å²) in [6, 6.07) is 2.20. The van der Waals surface area contributed by atoms with Gasteiger partial charge in [-0.15, -0.1) is 31.7 Å². The number of amides is 1. The molecule has 0 atom stereocenters. The lowest BCUT2D eigenvalue weighted by Gasteiger charge is -2.07. The lowest BCUT2D eigenvalue weighted by atomic mass is 10.2. The van der Waals surface area contributed by atoms with E-state index >= 15 is 0 Å². The number of thioether (sulfide) groups is 1. The van der Waals surface area contributed by atoms with Crippen molar-refractivity contribution in [3.8, 4) is 11.4 Å². The van der Waals surface area contributed by atoms with Crippen LogP contribution in [-0.4, -0.2) is 36.6 Å². The van der Waals surface area contributed by atoms with E-state index in [0.717, 1.165) is 47.4 Å². The second kappa shape index (κ2) is 9.43. The molecule has 0 aliphatic rings. The largest absolute Gasteiger partial charge is 0.302 e. The molecule has 1 amide bonds. The number of carbonyl (C=O) groups excluding carboxylic acids is 1. The highest BCUT2D eigenvalue weighted by atomic mass is 32.2. The first-order chi connectivity index (χ1) is 13.1. The van der Waals surface area contributed by atoms with Gasteiger partial charge in [-0.25, -0.2) is 0 Å². The van der Waals surface area contributed by atoms with Crippen molar-refractivity contribution in [2.75, 3.05) is 11.1 Å². The molecule has 3 heterocycles. The fourth-order valence-electron chi connectivity index (χ4n) is 2.54. The van der Waals surface area contributed by atoms with Crippen LogP contribution in [0.5, 0.6) is 0 Å². The van der Waals surface area contributed by atoms with E-state index in [1.54, 1.807) is 11.3 Å². The van der Waals surface area contributed by atoms with Gasteiger partial charge in [0.1, 0.15) is 5.01 Å². The van der Waals surface area contributed by atoms with Crippen LogP contribution < -0.4 is 5.32 Å². The van der Waals surface area contributed by atoms with Crippen LogP contribution in [0.1, 0.15) is 36.6 Å². The smallest absolute Gasteiger partial charge is 0.236 e. The fourth-order valence-corrected chi connectivity index (χ4v) is 4.88. The predicted octanol–water partition coefficient (Wildman–Crippen LogP) is 4.26. The minimum Gasteiger partial charge on any atom is -0.302 e. The molecule has 3 aromatic rings. The number of aromatic nitrogens is 5. The molecule has 0 radical (unpaired) electrons. The molecule has 144 valence electrons. The Morgan fingerprint density at radius 1 is 1.22 bits per heavy atom. The molecule has 3 aromatic heterocycles. The van der Waals surface area contributed by atoms with E-state index in [-0.39, 0.29) is 11.7 Å². The van der Waals surface area contributed by atoms with Crippen molar-refractivity contribution in [3.63, 3.8) is 0 Å². The number of nitrogens with one attached hydrogen (secondary N) is 1. The van der Waals surface area contributed by atoms with Crippen molar-refractivity contribution >= 4 is 45.5 Å². The number of hydrogen-bond acceptors (Lipinski definition) is 8. The van der Waals surface area contributed by atoms with Crippen molar-refractivity contribution < 1.29 is 4.79 Å². The summed E-state index contributed by atoms with van der Waals surface area (Å²) in [7, 11) is 0. The van der Waals surface area contributed by atoms with Crippen molar-refractivity contribution in [2.24, 2.45) is 0 Å². The van der Waals surface area contributed by atoms with Crippen molar-refractivity contribution in [3.05, 3.63) is 21.3 Å². The maximum atomic E-state index is 12.2. The maximum absolute atomic E-state index is 12.2. The Morgan fingerprint density at radius 3 is 2.78 bits per heavy atom. The van der Waals surface area contributed by atoms with Crippen LogP contribution in [0.3, 0.4) is 0 Å². The van der Waals surface area contributed by atoms with Crippen molar-refractivity contribution in [2.45, 2.75) is 51.7 Å². The molecule has 0 aromatic carbocycles. The number of aryl methyl sites for hydroxylation is 2. The molecule has 0 aliphatic heterocycles. The highest BCUT2D eigenvalue weighted by molar-refractivity contribution is 7.99. The topological polar surface area (TPSA) is 85.6 Å². The summed E-state index contributed by atoms with van der Waals surface area (Å²) in [6.45, 7) is 6.98. The van der Waals surface area contributed by atoms with E-state index in [1.165, 1.54) is 28.0 Å². The van der Waals surface area contributed by atoms with E-state index in [2.05, 4.69) is 55.6 Å². The first-order valence-corrected chi connectivity index (χ1v) is 11.5. The predicted molar refractivity (Wildman–Crippen MR) is 112 cm³/mol. The molecule has 7 nitrogen and oxygen atoms in total. The summed E-state index contributed by atoms with van der Waals surface area (Å²) >= 11 is 4.51. The maximum Gasteiger partial charge on any atom is 0.236 e. The van der Waals surface area contributed by atoms with Crippen LogP contribution in [0.15, 0.2) is 16.6 Å². The van der Waals surface area contributed by atoms with Gasteiger partial charge in [0.05, 0.1) is 5.75 Å². The third kappa shape index (κ3) is 5.14. The number of carbonyl (C=O) groups is 1. The molecule has 0 bridgehead atoms. The Kier molecular flexibility index (Phi) is 6.97. The van der Waals surface area contributed by atoms with Crippen LogP contribution in [0.4, 0.5) is 5.13 Å². The molecule has 3 rings (SSSR count). The zero-order valence-electron chi connectivity index (χ0n) is 15.6. The van der Waals surface area contributed by atoms with Crippen LogP contribution in [0.25, 0.3) is 11.4 Å². The SMILES string of the molecule is CCCc1cc(-c2nnc(SCC(=O)Nc3nnc(C)s3)n2CCC)cs1. The lowest BCUT2D eigenvalue weighted by molar-refractivity contribution is -0.113. The highest BCUT2D eigenvalue weighted by Crippen LogP contribution is 2.28. The zero-order valence-corrected chi connectivity index (χ0v) is 18.0. The van der Waals surface area contributed by atoms with Gasteiger partial charge in [0.2, 0.25) is 11.0 Å². The normalized spacial score (nSPS) is 11.1. The fraction of sp³-hybridized carbons (Fsp3) is 0.471. The molecular formula is C17H22N6OS3. The average Bonchev–Trinajstić information content (AvgIpc) is 3.35. The molecule has 0 spiro atoms. The highest BCUT2D eigenvalue weighted by Gasteiger charge is 2.17. The van der Waals surface area contributed by atoms with Gasteiger partial charge in [0.25, 0.3) is 0 Å². The first kappa shape index (κ1) is 20.0. The first-order valence-electron chi connectivity index (χ1n) is 8.84. The average molecular weight is 423 g/mol. The quantitative estimate of drug-likeness (QED) is 0.519. The van der Waals surface area contributed by atoms with Gasteiger partial charge in [0, 0.05) is 22.4 Å². The second-order valence-electron chi connectivity index (χ2n) is 5.97. The summed E-state index contributed by atoms with van der Waals surface area (Å²) < 4.78 is 2.10.